The molecule has 2 heterocycles. The van der Waals surface area contributed by atoms with Gasteiger partial charge in [0.2, 0.25) is 11.8 Å². The summed E-state index contributed by atoms with van der Waals surface area (Å²) in [6.45, 7) is 3.38. The van der Waals surface area contributed by atoms with E-state index in [1.165, 1.54) is 0 Å². The highest BCUT2D eigenvalue weighted by atomic mass is 16.2. The molecule has 6 nitrogen and oxygen atoms in total. The third-order valence-electron chi connectivity index (χ3n) is 5.31. The smallest absolute Gasteiger partial charge is 0.255 e. The van der Waals surface area contributed by atoms with Gasteiger partial charge >= 0.3 is 0 Å². The van der Waals surface area contributed by atoms with Crippen LogP contribution >= 0.6 is 0 Å². The summed E-state index contributed by atoms with van der Waals surface area (Å²) in [5.74, 6) is 0.0197. The fraction of sp³-hybridized carbons (Fsp3) is 0.318. The van der Waals surface area contributed by atoms with Gasteiger partial charge in [-0.15, -0.1) is 0 Å². The Morgan fingerprint density at radius 3 is 2.29 bits per heavy atom. The first kappa shape index (κ1) is 18.2. The standard InChI is InChI=1S/C22H23N3O3/c1-15-13-17(9-10-19(15)25-12-4-8-21(25)27)23-22(28)16-5-2-6-18(14-16)24-11-3-7-20(24)26/h2,5-6,9-10,13-14H,3-4,7-8,11-12H2,1H3,(H,23,28). The van der Waals surface area contributed by atoms with E-state index in [0.29, 0.717) is 30.6 Å². The largest absolute Gasteiger partial charge is 0.322 e. The predicted molar refractivity (Wildman–Crippen MR) is 109 cm³/mol. The summed E-state index contributed by atoms with van der Waals surface area (Å²) in [7, 11) is 0. The molecular weight excluding hydrogens is 354 g/mol. The molecule has 0 bridgehead atoms. The molecule has 3 amide bonds. The normalized spacial score (nSPS) is 16.8. The Kier molecular flexibility index (Phi) is 4.86. The maximum atomic E-state index is 12.7. The summed E-state index contributed by atoms with van der Waals surface area (Å²) in [6.07, 6.45) is 2.88. The lowest BCUT2D eigenvalue weighted by Gasteiger charge is -2.19. The third-order valence-corrected chi connectivity index (χ3v) is 5.31. The number of carbonyl (C=O) groups excluding carboxylic acids is 3. The van der Waals surface area contributed by atoms with Gasteiger partial charge in [-0.2, -0.15) is 0 Å². The summed E-state index contributed by atoms with van der Waals surface area (Å²) in [5, 5.41) is 2.91. The van der Waals surface area contributed by atoms with E-state index in [9.17, 15) is 14.4 Å². The van der Waals surface area contributed by atoms with Crippen molar-refractivity contribution in [3.05, 3.63) is 53.6 Å². The fourth-order valence-electron chi connectivity index (χ4n) is 3.88. The number of rotatable bonds is 4. The van der Waals surface area contributed by atoms with E-state index in [1.54, 1.807) is 28.0 Å². The molecule has 0 radical (unpaired) electrons. The quantitative estimate of drug-likeness (QED) is 0.887. The van der Waals surface area contributed by atoms with Gasteiger partial charge in [-0.05, 0) is 61.7 Å². The number of benzene rings is 2. The molecule has 6 heteroatoms. The fourth-order valence-corrected chi connectivity index (χ4v) is 3.88. The second-order valence-corrected chi connectivity index (χ2v) is 7.30. The van der Waals surface area contributed by atoms with Gasteiger partial charge < -0.3 is 15.1 Å². The highest BCUT2D eigenvalue weighted by Gasteiger charge is 2.24. The molecule has 28 heavy (non-hydrogen) atoms. The van der Waals surface area contributed by atoms with Crippen LogP contribution in [0.25, 0.3) is 0 Å². The van der Waals surface area contributed by atoms with Gasteiger partial charge in [0.25, 0.3) is 5.91 Å². The molecule has 144 valence electrons. The van der Waals surface area contributed by atoms with Gasteiger partial charge in [0.1, 0.15) is 0 Å². The molecule has 2 aliphatic rings. The first-order valence-corrected chi connectivity index (χ1v) is 9.66. The number of carbonyl (C=O) groups is 3. The summed E-state index contributed by atoms with van der Waals surface area (Å²) in [6, 6.07) is 12.7. The third kappa shape index (κ3) is 3.50. The zero-order valence-electron chi connectivity index (χ0n) is 15.9. The summed E-state index contributed by atoms with van der Waals surface area (Å²) >= 11 is 0. The van der Waals surface area contributed by atoms with Crippen molar-refractivity contribution < 1.29 is 14.4 Å². The number of nitrogens with one attached hydrogen (secondary N) is 1. The Bertz CT molecular complexity index is 954. The Balaban J connectivity index is 1.50. The van der Waals surface area contributed by atoms with E-state index in [2.05, 4.69) is 5.32 Å². The predicted octanol–water partition coefficient (Wildman–Crippen LogP) is 3.50. The minimum absolute atomic E-state index is 0.0974. The number of amides is 3. The van der Waals surface area contributed by atoms with Crippen molar-refractivity contribution in [3.63, 3.8) is 0 Å². The van der Waals surface area contributed by atoms with Crippen LogP contribution in [0.4, 0.5) is 17.1 Å². The number of anilines is 3. The molecule has 0 unspecified atom stereocenters. The van der Waals surface area contributed by atoms with Gasteiger partial charge in [0, 0.05) is 48.6 Å². The topological polar surface area (TPSA) is 69.7 Å². The van der Waals surface area contributed by atoms with Crippen molar-refractivity contribution in [2.45, 2.75) is 32.6 Å². The Labute approximate surface area is 164 Å². The molecule has 2 aliphatic heterocycles. The SMILES string of the molecule is Cc1cc(NC(=O)c2cccc(N3CCCC3=O)c2)ccc1N1CCCC1=O. The van der Waals surface area contributed by atoms with Gasteiger partial charge in [-0.1, -0.05) is 6.07 Å². The summed E-state index contributed by atoms with van der Waals surface area (Å²) in [4.78, 5) is 40.1. The monoisotopic (exact) mass is 377 g/mol. The van der Waals surface area contributed by atoms with Crippen LogP contribution in [0.1, 0.15) is 41.6 Å². The highest BCUT2D eigenvalue weighted by Crippen LogP contribution is 2.28. The van der Waals surface area contributed by atoms with E-state index in [-0.39, 0.29) is 17.7 Å². The molecule has 4 rings (SSSR count). The van der Waals surface area contributed by atoms with Crippen molar-refractivity contribution >= 4 is 34.8 Å². The molecule has 0 spiro atoms. The van der Waals surface area contributed by atoms with E-state index >= 15 is 0 Å². The zero-order valence-corrected chi connectivity index (χ0v) is 15.9. The van der Waals surface area contributed by atoms with Crippen molar-refractivity contribution in [1.82, 2.24) is 0 Å². The van der Waals surface area contributed by atoms with Crippen molar-refractivity contribution in [1.29, 1.82) is 0 Å². The van der Waals surface area contributed by atoms with Crippen LogP contribution < -0.4 is 15.1 Å². The number of hydrogen-bond donors (Lipinski definition) is 1. The minimum atomic E-state index is -0.224. The van der Waals surface area contributed by atoms with E-state index in [4.69, 9.17) is 0 Å². The molecule has 2 aromatic carbocycles. The highest BCUT2D eigenvalue weighted by molar-refractivity contribution is 6.06. The second kappa shape index (κ2) is 7.46. The molecule has 2 fully saturated rings. The minimum Gasteiger partial charge on any atom is -0.322 e. The molecule has 2 saturated heterocycles. The maximum absolute atomic E-state index is 12.7. The van der Waals surface area contributed by atoms with Gasteiger partial charge in [0.05, 0.1) is 0 Å². The summed E-state index contributed by atoms with van der Waals surface area (Å²) in [5.41, 5.74) is 3.79. The molecule has 0 aromatic heterocycles. The van der Waals surface area contributed by atoms with E-state index < -0.39 is 0 Å². The van der Waals surface area contributed by atoms with Crippen LogP contribution in [0.5, 0.6) is 0 Å². The van der Waals surface area contributed by atoms with Crippen LogP contribution in [0, 0.1) is 6.92 Å². The van der Waals surface area contributed by atoms with Crippen molar-refractivity contribution in [3.8, 4) is 0 Å². The first-order chi connectivity index (χ1) is 13.5. The zero-order chi connectivity index (χ0) is 19.7. The number of aryl methyl sites for hydroxylation is 1. The van der Waals surface area contributed by atoms with Crippen LogP contribution in [0.15, 0.2) is 42.5 Å². The van der Waals surface area contributed by atoms with Crippen molar-refractivity contribution in [2.75, 3.05) is 28.2 Å². The lowest BCUT2D eigenvalue weighted by molar-refractivity contribution is -0.117. The van der Waals surface area contributed by atoms with Gasteiger partial charge in [0.15, 0.2) is 0 Å². The molecule has 0 aliphatic carbocycles. The Hall–Kier alpha value is -3.15. The Morgan fingerprint density at radius 1 is 0.929 bits per heavy atom. The van der Waals surface area contributed by atoms with Crippen LogP contribution in [0.2, 0.25) is 0 Å². The molecule has 0 atom stereocenters. The van der Waals surface area contributed by atoms with Crippen LogP contribution in [-0.4, -0.2) is 30.8 Å². The van der Waals surface area contributed by atoms with E-state index in [1.807, 2.05) is 31.2 Å². The molecular formula is C22H23N3O3. The lowest BCUT2D eigenvalue weighted by atomic mass is 10.1. The molecule has 0 saturated carbocycles. The Morgan fingerprint density at radius 2 is 1.64 bits per heavy atom. The van der Waals surface area contributed by atoms with E-state index in [0.717, 1.165) is 36.3 Å². The number of hydrogen-bond acceptors (Lipinski definition) is 3. The molecule has 1 N–H and O–H groups in total. The first-order valence-electron chi connectivity index (χ1n) is 9.66. The average Bonchev–Trinajstić information content (AvgIpc) is 3.30. The lowest BCUT2D eigenvalue weighted by Crippen LogP contribution is -2.24. The van der Waals surface area contributed by atoms with Crippen molar-refractivity contribution in [2.24, 2.45) is 0 Å². The van der Waals surface area contributed by atoms with Crippen LogP contribution in [-0.2, 0) is 9.59 Å². The molecule has 2 aromatic rings. The second-order valence-electron chi connectivity index (χ2n) is 7.30. The van der Waals surface area contributed by atoms with Gasteiger partial charge in [-0.3, -0.25) is 14.4 Å². The number of nitrogens with zero attached hydrogens (tertiary/aromatic N) is 2. The maximum Gasteiger partial charge on any atom is 0.255 e. The summed E-state index contributed by atoms with van der Waals surface area (Å²) < 4.78 is 0. The van der Waals surface area contributed by atoms with Gasteiger partial charge in [-0.25, -0.2) is 0 Å². The van der Waals surface area contributed by atoms with Crippen LogP contribution in [0.3, 0.4) is 0 Å². The average molecular weight is 377 g/mol.